The van der Waals surface area contributed by atoms with Crippen LogP contribution >= 0.6 is 0 Å². The molecule has 110 heavy (non-hydrogen) atoms. The van der Waals surface area contributed by atoms with Crippen LogP contribution in [0.1, 0.15) is 175 Å². The summed E-state index contributed by atoms with van der Waals surface area (Å²) < 4.78 is 0. The van der Waals surface area contributed by atoms with Crippen molar-refractivity contribution in [2.24, 2.45) is 34.0 Å². The summed E-state index contributed by atoms with van der Waals surface area (Å²) in [5, 5.41) is 16.0. The molecule has 3 aliphatic carbocycles. The predicted molar refractivity (Wildman–Crippen MR) is 471 cm³/mol. The minimum Gasteiger partial charge on any atom is -0.335 e. The molecule has 15 aromatic rings. The van der Waals surface area contributed by atoms with Gasteiger partial charge < -0.3 is 14.7 Å². The first-order chi connectivity index (χ1) is 53.1. The Hall–Kier alpha value is -10.2. The summed E-state index contributed by atoms with van der Waals surface area (Å²) in [5.41, 5.74) is 25.9. The Balaban J connectivity index is 0.837. The van der Waals surface area contributed by atoms with Crippen LogP contribution in [-0.4, -0.2) is 16.6 Å². The van der Waals surface area contributed by atoms with Gasteiger partial charge in [-0.15, -0.1) is 0 Å². The Morgan fingerprint density at radius 3 is 0.909 bits per heavy atom. The van der Waals surface area contributed by atoms with Crippen molar-refractivity contribution in [2.45, 2.75) is 175 Å². The van der Waals surface area contributed by atoms with Gasteiger partial charge in [-0.25, -0.2) is 0 Å². The second-order valence-electron chi connectivity index (χ2n) is 38.5. The maximum Gasteiger partial charge on any atom is 0.0492 e. The first kappa shape index (κ1) is 67.9. The second-order valence-corrected chi connectivity index (χ2v) is 38.5. The lowest BCUT2D eigenvalue weighted by atomic mass is 9.62. The quantitative estimate of drug-likeness (QED) is 0.150. The Kier molecular flexibility index (Phi) is 14.9. The molecular formula is C107H103N3. The monoisotopic (exact) mass is 1430 g/mol. The fraction of sp³-hybridized carbons (Fsp3) is 0.308. The fourth-order valence-corrected chi connectivity index (χ4v) is 24.0. The van der Waals surface area contributed by atoms with E-state index in [-0.39, 0.29) is 32.9 Å². The number of rotatable bonds is 8. The molecule has 3 heterocycles. The highest BCUT2D eigenvalue weighted by atomic mass is 15.3. The van der Waals surface area contributed by atoms with Gasteiger partial charge in [-0.05, 0) is 322 Å². The lowest BCUT2D eigenvalue weighted by molar-refractivity contribution is 0.127. The van der Waals surface area contributed by atoms with Crippen molar-refractivity contribution in [3.8, 4) is 55.6 Å². The van der Waals surface area contributed by atoms with E-state index in [4.69, 9.17) is 0 Å². The standard InChI is InChI=1S/C107H103N3/c1-102(2,3)70-53-56-105(10)87(62-70)84-59-67(41-50-90(84)108(105)73-33-22-15-23-34-73)76-44-47-81-95-79(76)39-28-40-80(95)98-93(65-29-18-13-19-30-65)100-82-48-45-77(68-42-51-91-85(60-68)88-63-71(103(4,5)6)54-57-106(88,11)109(91)74-35-24-16-25-36-74)96-78(46-49-83(97(82)96)101(100)94(99(81)98)66-31-20-14-21-32-66)69-43-52-92-86(61-69)89-64-72(104(7,8)9)55-58-107(89,12)110(92)75-37-26-17-27-38-75/h13-52,59-61,70-72,87-89H,53-58,62-64H2,1-12H3. The third-order valence-electron chi connectivity index (χ3n) is 29.8. The summed E-state index contributed by atoms with van der Waals surface area (Å²) in [5.74, 6) is 3.01. The van der Waals surface area contributed by atoms with Gasteiger partial charge in [0.25, 0.3) is 0 Å². The van der Waals surface area contributed by atoms with Crippen LogP contribution in [0.25, 0.3) is 120 Å². The summed E-state index contributed by atoms with van der Waals surface area (Å²) in [6.45, 7) is 30.1. The van der Waals surface area contributed by atoms with Crippen molar-refractivity contribution in [3.63, 3.8) is 0 Å². The molecule has 0 amide bonds. The highest BCUT2D eigenvalue weighted by molar-refractivity contribution is 6.47. The highest BCUT2D eigenvalue weighted by Crippen LogP contribution is 2.66. The van der Waals surface area contributed by atoms with Gasteiger partial charge in [0.1, 0.15) is 0 Å². The molecular weight excluding hydrogens is 1330 g/mol. The molecule has 3 aliphatic heterocycles. The molecule has 0 bridgehead atoms. The molecule has 6 aliphatic rings. The summed E-state index contributed by atoms with van der Waals surface area (Å²) in [6, 6.07) is 103. The highest BCUT2D eigenvalue weighted by Gasteiger charge is 2.56. The number of hydrogen-bond donors (Lipinski definition) is 0. The first-order valence-electron chi connectivity index (χ1n) is 41.6. The Labute approximate surface area is 651 Å². The lowest BCUT2D eigenvalue weighted by Gasteiger charge is -2.49. The van der Waals surface area contributed by atoms with E-state index >= 15 is 0 Å². The number of hydrogen-bond acceptors (Lipinski definition) is 3. The van der Waals surface area contributed by atoms with Crippen molar-refractivity contribution >= 4 is 98.8 Å². The average Bonchev–Trinajstić information content (AvgIpc) is 1.51. The van der Waals surface area contributed by atoms with Gasteiger partial charge in [0.15, 0.2) is 0 Å². The van der Waals surface area contributed by atoms with E-state index in [1.165, 1.54) is 216 Å². The third-order valence-corrected chi connectivity index (χ3v) is 29.8. The average molecular weight is 1430 g/mol. The van der Waals surface area contributed by atoms with Crippen LogP contribution in [0, 0.1) is 34.0 Å². The largest absolute Gasteiger partial charge is 0.335 e. The number of fused-ring (bicyclic) bond motifs is 15. The maximum atomic E-state index is 2.76. The van der Waals surface area contributed by atoms with Gasteiger partial charge in [0.2, 0.25) is 0 Å². The topological polar surface area (TPSA) is 9.72 Å². The Morgan fingerprint density at radius 1 is 0.264 bits per heavy atom. The smallest absolute Gasteiger partial charge is 0.0492 e. The zero-order valence-electron chi connectivity index (χ0n) is 66.5. The Morgan fingerprint density at radius 2 is 0.564 bits per heavy atom. The van der Waals surface area contributed by atoms with Crippen LogP contribution < -0.4 is 14.7 Å². The van der Waals surface area contributed by atoms with Crippen molar-refractivity contribution < 1.29 is 0 Å². The minimum atomic E-state index is -0.0657. The van der Waals surface area contributed by atoms with E-state index in [1.54, 1.807) is 0 Å². The van der Waals surface area contributed by atoms with E-state index in [0.29, 0.717) is 35.5 Å². The number of para-hydroxylation sites is 3. The van der Waals surface area contributed by atoms with Crippen LogP contribution in [-0.2, 0) is 0 Å². The molecule has 9 atom stereocenters. The maximum absolute atomic E-state index is 2.76. The lowest BCUT2D eigenvalue weighted by Crippen LogP contribution is -2.48. The zero-order chi connectivity index (χ0) is 74.9. The van der Waals surface area contributed by atoms with Gasteiger partial charge in [0.05, 0.1) is 0 Å². The molecule has 21 rings (SSSR count). The van der Waals surface area contributed by atoms with Gasteiger partial charge in [-0.2, -0.15) is 0 Å². The normalized spacial score (nSPS) is 23.9. The number of benzene rings is 13. The number of nitrogens with zero attached hydrogens (tertiary/aromatic N) is 3. The molecule has 3 saturated carbocycles. The fourth-order valence-electron chi connectivity index (χ4n) is 24.0. The van der Waals surface area contributed by atoms with Crippen molar-refractivity contribution in [3.05, 3.63) is 278 Å². The summed E-state index contributed by atoms with van der Waals surface area (Å²) in [7, 11) is 0. The second kappa shape index (κ2) is 24.1. The van der Waals surface area contributed by atoms with Crippen LogP contribution in [0.15, 0.2) is 261 Å². The van der Waals surface area contributed by atoms with Crippen LogP contribution in [0.5, 0.6) is 0 Å². The zero-order valence-corrected chi connectivity index (χ0v) is 66.5. The first-order valence-corrected chi connectivity index (χ1v) is 41.6. The summed E-state index contributed by atoms with van der Waals surface area (Å²) in [6.07, 6.45) is 10.7. The van der Waals surface area contributed by atoms with Crippen molar-refractivity contribution in [1.82, 2.24) is 0 Å². The molecule has 15 aromatic carbocycles. The van der Waals surface area contributed by atoms with Gasteiger partial charge in [-0.1, -0.05) is 250 Å². The molecule has 546 valence electrons. The van der Waals surface area contributed by atoms with Gasteiger partial charge >= 0.3 is 0 Å². The van der Waals surface area contributed by atoms with E-state index in [2.05, 4.69) is 359 Å². The molecule has 9 unspecified atom stereocenters. The molecule has 0 saturated heterocycles. The molecule has 0 aromatic heterocycles. The van der Waals surface area contributed by atoms with Gasteiger partial charge in [0, 0.05) is 68.5 Å². The molecule has 0 spiro atoms. The van der Waals surface area contributed by atoms with Gasteiger partial charge in [-0.3, -0.25) is 0 Å². The van der Waals surface area contributed by atoms with Crippen molar-refractivity contribution in [1.29, 1.82) is 0 Å². The van der Waals surface area contributed by atoms with E-state index in [0.717, 1.165) is 12.8 Å². The molecule has 3 fully saturated rings. The number of anilines is 6. The molecule has 3 heteroatoms. The molecule has 0 radical (unpaired) electrons. The summed E-state index contributed by atoms with van der Waals surface area (Å²) in [4.78, 5) is 8.24. The van der Waals surface area contributed by atoms with Crippen LogP contribution in [0.4, 0.5) is 34.1 Å². The molecule has 0 N–H and O–H groups in total. The van der Waals surface area contributed by atoms with Crippen LogP contribution in [0.3, 0.4) is 0 Å². The van der Waals surface area contributed by atoms with E-state index in [1.807, 2.05) is 0 Å². The third kappa shape index (κ3) is 9.79. The van der Waals surface area contributed by atoms with E-state index in [9.17, 15) is 0 Å². The van der Waals surface area contributed by atoms with Crippen LogP contribution in [0.2, 0.25) is 0 Å². The predicted octanol–water partition coefficient (Wildman–Crippen LogP) is 30.3. The minimum absolute atomic E-state index is 0.0247. The molecule has 3 nitrogen and oxygen atoms in total. The Bertz CT molecular complexity index is 5910. The summed E-state index contributed by atoms with van der Waals surface area (Å²) >= 11 is 0. The SMILES string of the molecule is CC(C)(C)C1CCC2(C)C(C1)c1cc(-c3ccc4c5c(-c6ccccc6)c6c7ccc(-c8ccc9c(c8)C8CC(C(C)(C)C)CCC8(C)N9c8ccccc8)c8c(-c9ccc%10c(c9)C9CC(C(C)(C)C)CCC9(C)N%10c9ccccc9)ccc(c6c(-c6ccccc6)c5c5cccc3c54)c87)ccc1N2c1ccccc1. The van der Waals surface area contributed by atoms with Crippen molar-refractivity contribution in [2.75, 3.05) is 14.7 Å². The van der Waals surface area contributed by atoms with E-state index < -0.39 is 0 Å².